The van der Waals surface area contributed by atoms with Crippen molar-refractivity contribution in [3.8, 4) is 0 Å². The first-order chi connectivity index (χ1) is 7.66. The molecule has 0 fully saturated rings. The van der Waals surface area contributed by atoms with Crippen LogP contribution < -0.4 is 0 Å². The summed E-state index contributed by atoms with van der Waals surface area (Å²) in [4.78, 5) is 23.7. The van der Waals surface area contributed by atoms with E-state index in [-0.39, 0.29) is 18.7 Å². The first-order valence-electron chi connectivity index (χ1n) is 5.23. The minimum absolute atomic E-state index is 0.0846. The Morgan fingerprint density at radius 1 is 1.12 bits per heavy atom. The smallest absolute Gasteiger partial charge is 0.303 e. The van der Waals surface area contributed by atoms with Crippen molar-refractivity contribution >= 4 is 11.9 Å². The fourth-order valence-corrected chi connectivity index (χ4v) is 1.88. The molecule has 16 heavy (non-hydrogen) atoms. The molecule has 1 aliphatic rings. The van der Waals surface area contributed by atoms with Crippen LogP contribution in [0.4, 0.5) is 0 Å². The fourth-order valence-electron chi connectivity index (χ4n) is 1.88. The van der Waals surface area contributed by atoms with Crippen LogP contribution in [0.1, 0.15) is 24.0 Å². The minimum Gasteiger partial charge on any atom is -0.481 e. The number of carbonyl (C=O) groups is 2. The number of aliphatic carboxylic acids is 1. The number of carbonyl (C=O) groups excluding carboxylic acids is 1. The molecule has 1 aromatic rings. The van der Waals surface area contributed by atoms with Gasteiger partial charge >= 0.3 is 5.97 Å². The van der Waals surface area contributed by atoms with Crippen LogP contribution in [-0.2, 0) is 22.7 Å². The Bertz CT molecular complexity index is 403. The zero-order chi connectivity index (χ0) is 11.5. The van der Waals surface area contributed by atoms with Gasteiger partial charge in [0.05, 0.1) is 6.42 Å². The molecule has 4 heteroatoms. The molecule has 0 atom stereocenters. The summed E-state index contributed by atoms with van der Waals surface area (Å²) >= 11 is 0. The quantitative estimate of drug-likeness (QED) is 0.835. The summed E-state index contributed by atoms with van der Waals surface area (Å²) in [6.07, 6.45) is -0.00496. The molecule has 1 N–H and O–H groups in total. The molecule has 0 spiro atoms. The van der Waals surface area contributed by atoms with E-state index >= 15 is 0 Å². The molecular formula is C12H13NO3. The molecule has 0 unspecified atom stereocenters. The van der Waals surface area contributed by atoms with Crippen molar-refractivity contribution < 1.29 is 14.7 Å². The van der Waals surface area contributed by atoms with Crippen LogP contribution in [0.3, 0.4) is 0 Å². The molecule has 0 radical (unpaired) electrons. The number of carboxylic acids is 1. The van der Waals surface area contributed by atoms with Gasteiger partial charge in [0.15, 0.2) is 0 Å². The monoisotopic (exact) mass is 219 g/mol. The Morgan fingerprint density at radius 2 is 1.69 bits per heavy atom. The number of nitrogens with zero attached hydrogens (tertiary/aromatic N) is 1. The average Bonchev–Trinajstić information content (AvgIpc) is 2.69. The van der Waals surface area contributed by atoms with Crippen LogP contribution in [0.5, 0.6) is 0 Å². The summed E-state index contributed by atoms with van der Waals surface area (Å²) < 4.78 is 0. The molecule has 1 aliphatic heterocycles. The molecule has 4 nitrogen and oxygen atoms in total. The number of rotatable bonds is 3. The summed E-state index contributed by atoms with van der Waals surface area (Å²) in [5.41, 5.74) is 2.32. The highest BCUT2D eigenvalue weighted by molar-refractivity contribution is 5.81. The maximum Gasteiger partial charge on any atom is 0.303 e. The van der Waals surface area contributed by atoms with Crippen LogP contribution in [0.2, 0.25) is 0 Å². The Labute approximate surface area is 93.5 Å². The SMILES string of the molecule is O=C(O)CCC(=O)N1Cc2ccccc2C1. The summed E-state index contributed by atoms with van der Waals surface area (Å²) in [7, 11) is 0. The molecule has 84 valence electrons. The van der Waals surface area contributed by atoms with E-state index in [2.05, 4.69) is 0 Å². The van der Waals surface area contributed by atoms with E-state index in [1.54, 1.807) is 4.90 Å². The predicted molar refractivity (Wildman–Crippen MR) is 57.6 cm³/mol. The number of fused-ring (bicyclic) bond motifs is 1. The highest BCUT2D eigenvalue weighted by Gasteiger charge is 2.22. The van der Waals surface area contributed by atoms with Crippen molar-refractivity contribution in [1.29, 1.82) is 0 Å². The van der Waals surface area contributed by atoms with Crippen molar-refractivity contribution in [3.05, 3.63) is 35.4 Å². The highest BCUT2D eigenvalue weighted by atomic mass is 16.4. The molecule has 1 aromatic carbocycles. The van der Waals surface area contributed by atoms with Crippen molar-refractivity contribution in [2.75, 3.05) is 0 Å². The number of benzene rings is 1. The van der Waals surface area contributed by atoms with Gasteiger partial charge in [0.2, 0.25) is 5.91 Å². The van der Waals surface area contributed by atoms with Crippen LogP contribution >= 0.6 is 0 Å². The van der Waals surface area contributed by atoms with Gasteiger partial charge in [0.25, 0.3) is 0 Å². The van der Waals surface area contributed by atoms with Gasteiger partial charge in [-0.15, -0.1) is 0 Å². The van der Waals surface area contributed by atoms with Gasteiger partial charge in [-0.2, -0.15) is 0 Å². The molecule has 1 heterocycles. The number of carboxylic acid groups (broad SMARTS) is 1. The van der Waals surface area contributed by atoms with Gasteiger partial charge in [-0.05, 0) is 11.1 Å². The minimum atomic E-state index is -0.926. The molecule has 0 saturated heterocycles. The lowest BCUT2D eigenvalue weighted by Gasteiger charge is -2.14. The lowest BCUT2D eigenvalue weighted by molar-refractivity contribution is -0.141. The van der Waals surface area contributed by atoms with Crippen molar-refractivity contribution in [2.45, 2.75) is 25.9 Å². The number of amides is 1. The molecule has 0 bridgehead atoms. The lowest BCUT2D eigenvalue weighted by atomic mass is 10.1. The summed E-state index contributed by atoms with van der Waals surface area (Å²) in [5.74, 6) is -1.01. The predicted octanol–water partition coefficient (Wildman–Crippen LogP) is 1.39. The standard InChI is InChI=1S/C12H13NO3/c14-11(5-6-12(15)16)13-7-9-3-1-2-4-10(9)8-13/h1-4H,5-8H2,(H,15,16). The molecule has 2 rings (SSSR count). The van der Waals surface area contributed by atoms with E-state index < -0.39 is 5.97 Å². The Morgan fingerprint density at radius 3 is 2.19 bits per heavy atom. The molecule has 0 saturated carbocycles. The van der Waals surface area contributed by atoms with E-state index in [0.29, 0.717) is 13.1 Å². The third kappa shape index (κ3) is 2.21. The van der Waals surface area contributed by atoms with Gasteiger partial charge in [-0.25, -0.2) is 0 Å². The Balaban J connectivity index is 1.96. The van der Waals surface area contributed by atoms with Crippen molar-refractivity contribution in [3.63, 3.8) is 0 Å². The van der Waals surface area contributed by atoms with Gasteiger partial charge in [0.1, 0.15) is 0 Å². The second-order valence-electron chi connectivity index (χ2n) is 3.91. The third-order valence-corrected chi connectivity index (χ3v) is 2.75. The Kier molecular flexibility index (Phi) is 2.90. The van der Waals surface area contributed by atoms with Gasteiger partial charge in [0, 0.05) is 19.5 Å². The molecule has 0 aliphatic carbocycles. The van der Waals surface area contributed by atoms with E-state index in [1.165, 1.54) is 0 Å². The van der Waals surface area contributed by atoms with E-state index in [1.807, 2.05) is 24.3 Å². The van der Waals surface area contributed by atoms with Crippen molar-refractivity contribution in [1.82, 2.24) is 4.90 Å². The summed E-state index contributed by atoms with van der Waals surface area (Å²) in [6, 6.07) is 7.90. The topological polar surface area (TPSA) is 57.6 Å². The molecule has 1 amide bonds. The van der Waals surface area contributed by atoms with Gasteiger partial charge in [-0.1, -0.05) is 24.3 Å². The van der Waals surface area contributed by atoms with E-state index in [0.717, 1.165) is 11.1 Å². The number of hydrogen-bond acceptors (Lipinski definition) is 2. The lowest BCUT2D eigenvalue weighted by Crippen LogP contribution is -2.25. The van der Waals surface area contributed by atoms with E-state index in [4.69, 9.17) is 5.11 Å². The van der Waals surface area contributed by atoms with Crippen LogP contribution in [0.15, 0.2) is 24.3 Å². The van der Waals surface area contributed by atoms with Gasteiger partial charge < -0.3 is 10.0 Å². The summed E-state index contributed by atoms with van der Waals surface area (Å²) in [5, 5.41) is 8.51. The maximum absolute atomic E-state index is 11.7. The normalized spacial score (nSPS) is 13.6. The highest BCUT2D eigenvalue weighted by Crippen LogP contribution is 2.22. The average molecular weight is 219 g/mol. The number of hydrogen-bond donors (Lipinski definition) is 1. The van der Waals surface area contributed by atoms with E-state index in [9.17, 15) is 9.59 Å². The first kappa shape index (κ1) is 10.7. The molecular weight excluding hydrogens is 206 g/mol. The van der Waals surface area contributed by atoms with Crippen LogP contribution in [0, 0.1) is 0 Å². The Hall–Kier alpha value is -1.84. The molecule has 0 aromatic heterocycles. The van der Waals surface area contributed by atoms with Crippen molar-refractivity contribution in [2.24, 2.45) is 0 Å². The van der Waals surface area contributed by atoms with Crippen LogP contribution in [0.25, 0.3) is 0 Å². The zero-order valence-corrected chi connectivity index (χ0v) is 8.85. The maximum atomic E-state index is 11.7. The zero-order valence-electron chi connectivity index (χ0n) is 8.85. The second kappa shape index (κ2) is 4.35. The van der Waals surface area contributed by atoms with Gasteiger partial charge in [-0.3, -0.25) is 9.59 Å². The largest absolute Gasteiger partial charge is 0.481 e. The van der Waals surface area contributed by atoms with Crippen LogP contribution in [-0.4, -0.2) is 21.9 Å². The fraction of sp³-hybridized carbons (Fsp3) is 0.333. The second-order valence-corrected chi connectivity index (χ2v) is 3.91. The first-order valence-corrected chi connectivity index (χ1v) is 5.23. The third-order valence-electron chi connectivity index (χ3n) is 2.75. The summed E-state index contributed by atoms with van der Waals surface area (Å²) in [6.45, 7) is 1.21.